The maximum Gasteiger partial charge on any atom is 0.171 e. The molecule has 0 bridgehead atoms. The van der Waals surface area contributed by atoms with Crippen LogP contribution in [0.1, 0.15) is 5.69 Å². The van der Waals surface area contributed by atoms with Crippen molar-refractivity contribution in [3.05, 3.63) is 29.7 Å². The first-order valence-corrected chi connectivity index (χ1v) is 5.08. The molecule has 0 unspecified atom stereocenters. The van der Waals surface area contributed by atoms with E-state index in [-0.39, 0.29) is 0 Å². The molecule has 0 atom stereocenters. The van der Waals surface area contributed by atoms with Crippen LogP contribution >= 0.6 is 22.9 Å². The molecular formula is C8H6ClN3S. The number of alkyl halides is 1. The molecular weight excluding hydrogens is 206 g/mol. The van der Waals surface area contributed by atoms with Crippen molar-refractivity contribution in [3.8, 4) is 10.7 Å². The van der Waals surface area contributed by atoms with E-state index in [0.717, 1.165) is 10.6 Å². The standard InChI is InChI=1S/C8H6ClN3S/c9-3-6-1-2-11-8(12-6)7-4-10-5-13-7/h1-2,4-5H,3H2. The fraction of sp³-hybridized carbons (Fsp3) is 0.125. The first-order valence-electron chi connectivity index (χ1n) is 3.67. The van der Waals surface area contributed by atoms with E-state index in [0.29, 0.717) is 11.7 Å². The van der Waals surface area contributed by atoms with Crippen LogP contribution in [0, 0.1) is 0 Å². The number of nitrogens with zero attached hydrogens (tertiary/aromatic N) is 3. The molecule has 0 aromatic carbocycles. The summed E-state index contributed by atoms with van der Waals surface area (Å²) in [6, 6.07) is 1.80. The molecule has 0 amide bonds. The van der Waals surface area contributed by atoms with E-state index in [9.17, 15) is 0 Å². The van der Waals surface area contributed by atoms with Crippen molar-refractivity contribution in [1.82, 2.24) is 15.0 Å². The highest BCUT2D eigenvalue weighted by Crippen LogP contribution is 2.18. The highest BCUT2D eigenvalue weighted by Gasteiger charge is 2.02. The molecule has 0 aliphatic rings. The second-order valence-electron chi connectivity index (χ2n) is 2.37. The molecule has 0 saturated carbocycles. The van der Waals surface area contributed by atoms with Crippen molar-refractivity contribution >= 4 is 22.9 Å². The first-order chi connectivity index (χ1) is 6.40. The van der Waals surface area contributed by atoms with E-state index in [2.05, 4.69) is 15.0 Å². The average molecular weight is 212 g/mol. The van der Waals surface area contributed by atoms with Gasteiger partial charge in [-0.2, -0.15) is 0 Å². The lowest BCUT2D eigenvalue weighted by atomic mass is 10.4. The molecule has 66 valence electrons. The molecule has 0 saturated heterocycles. The third kappa shape index (κ3) is 1.84. The van der Waals surface area contributed by atoms with Crippen LogP contribution in [-0.2, 0) is 5.88 Å². The van der Waals surface area contributed by atoms with Crippen molar-refractivity contribution in [2.75, 3.05) is 0 Å². The van der Waals surface area contributed by atoms with Gasteiger partial charge in [0, 0.05) is 12.4 Å². The maximum absolute atomic E-state index is 5.66. The van der Waals surface area contributed by atoms with Crippen LogP contribution in [0.5, 0.6) is 0 Å². The summed E-state index contributed by atoms with van der Waals surface area (Å²) >= 11 is 7.17. The molecule has 0 aliphatic heterocycles. The molecule has 13 heavy (non-hydrogen) atoms. The molecule has 0 N–H and O–H groups in total. The Balaban J connectivity index is 2.41. The van der Waals surface area contributed by atoms with Gasteiger partial charge in [0.15, 0.2) is 5.82 Å². The van der Waals surface area contributed by atoms with E-state index in [1.807, 2.05) is 0 Å². The van der Waals surface area contributed by atoms with E-state index in [1.54, 1.807) is 24.0 Å². The number of halogens is 1. The maximum atomic E-state index is 5.66. The zero-order valence-electron chi connectivity index (χ0n) is 6.64. The normalized spacial score (nSPS) is 10.2. The first kappa shape index (κ1) is 8.59. The summed E-state index contributed by atoms with van der Waals surface area (Å²) in [5, 5.41) is 0. The lowest BCUT2D eigenvalue weighted by molar-refractivity contribution is 1.10. The summed E-state index contributed by atoms with van der Waals surface area (Å²) in [7, 11) is 0. The Bertz CT molecular complexity index is 388. The molecule has 0 aliphatic carbocycles. The predicted octanol–water partition coefficient (Wildman–Crippen LogP) is 2.34. The van der Waals surface area contributed by atoms with E-state index >= 15 is 0 Å². The van der Waals surface area contributed by atoms with Crippen LogP contribution in [-0.4, -0.2) is 15.0 Å². The van der Waals surface area contributed by atoms with Gasteiger partial charge >= 0.3 is 0 Å². The number of hydrogen-bond acceptors (Lipinski definition) is 4. The van der Waals surface area contributed by atoms with Gasteiger partial charge in [-0.15, -0.1) is 22.9 Å². The highest BCUT2D eigenvalue weighted by atomic mass is 35.5. The van der Waals surface area contributed by atoms with Crippen LogP contribution < -0.4 is 0 Å². The Kier molecular flexibility index (Phi) is 2.52. The fourth-order valence-corrected chi connectivity index (χ4v) is 1.63. The van der Waals surface area contributed by atoms with Crippen molar-refractivity contribution in [1.29, 1.82) is 0 Å². The molecule has 2 rings (SSSR count). The second kappa shape index (κ2) is 3.81. The number of rotatable bonds is 2. The minimum Gasteiger partial charge on any atom is -0.252 e. The van der Waals surface area contributed by atoms with Crippen molar-refractivity contribution in [2.45, 2.75) is 5.88 Å². The third-order valence-electron chi connectivity index (χ3n) is 1.50. The fourth-order valence-electron chi connectivity index (χ4n) is 0.915. The highest BCUT2D eigenvalue weighted by molar-refractivity contribution is 7.13. The summed E-state index contributed by atoms with van der Waals surface area (Å²) in [5.41, 5.74) is 2.59. The van der Waals surface area contributed by atoms with Crippen LogP contribution in [0.2, 0.25) is 0 Å². The Hall–Kier alpha value is -1.00. The monoisotopic (exact) mass is 211 g/mol. The Labute approximate surface area is 84.5 Å². The summed E-state index contributed by atoms with van der Waals surface area (Å²) < 4.78 is 0. The molecule has 2 aromatic rings. The molecule has 5 heteroatoms. The lowest BCUT2D eigenvalue weighted by Gasteiger charge is -1.96. The summed E-state index contributed by atoms with van der Waals surface area (Å²) in [6.45, 7) is 0. The minimum absolute atomic E-state index is 0.411. The SMILES string of the molecule is ClCc1ccnc(-c2cncs2)n1. The van der Waals surface area contributed by atoms with Gasteiger partial charge in [0.25, 0.3) is 0 Å². The van der Waals surface area contributed by atoms with Gasteiger partial charge in [-0.1, -0.05) is 0 Å². The zero-order chi connectivity index (χ0) is 9.10. The quantitative estimate of drug-likeness (QED) is 0.716. The summed E-state index contributed by atoms with van der Waals surface area (Å²) in [4.78, 5) is 13.3. The topological polar surface area (TPSA) is 38.7 Å². The van der Waals surface area contributed by atoms with Crippen LogP contribution in [0.3, 0.4) is 0 Å². The molecule has 0 spiro atoms. The van der Waals surface area contributed by atoms with Gasteiger partial charge in [0.05, 0.1) is 22.0 Å². The molecule has 0 fully saturated rings. The van der Waals surface area contributed by atoms with E-state index < -0.39 is 0 Å². The number of aromatic nitrogens is 3. The van der Waals surface area contributed by atoms with Crippen molar-refractivity contribution in [3.63, 3.8) is 0 Å². The van der Waals surface area contributed by atoms with Gasteiger partial charge in [-0.05, 0) is 6.07 Å². The van der Waals surface area contributed by atoms with Crippen LogP contribution in [0.15, 0.2) is 24.0 Å². The van der Waals surface area contributed by atoms with Gasteiger partial charge in [0.1, 0.15) is 0 Å². The Morgan fingerprint density at radius 1 is 1.46 bits per heavy atom. The van der Waals surface area contributed by atoms with E-state index in [1.165, 1.54) is 11.3 Å². The Morgan fingerprint density at radius 2 is 2.38 bits per heavy atom. The number of hydrogen-bond donors (Lipinski definition) is 0. The summed E-state index contributed by atoms with van der Waals surface area (Å²) in [6.07, 6.45) is 3.46. The lowest BCUT2D eigenvalue weighted by Crippen LogP contribution is -1.90. The van der Waals surface area contributed by atoms with Crippen molar-refractivity contribution in [2.24, 2.45) is 0 Å². The Morgan fingerprint density at radius 3 is 3.08 bits per heavy atom. The molecule has 2 aromatic heterocycles. The zero-order valence-corrected chi connectivity index (χ0v) is 8.22. The van der Waals surface area contributed by atoms with Gasteiger partial charge < -0.3 is 0 Å². The molecule has 3 nitrogen and oxygen atoms in total. The second-order valence-corrected chi connectivity index (χ2v) is 3.52. The van der Waals surface area contributed by atoms with E-state index in [4.69, 9.17) is 11.6 Å². The van der Waals surface area contributed by atoms with Gasteiger partial charge in [-0.25, -0.2) is 9.97 Å². The van der Waals surface area contributed by atoms with Crippen molar-refractivity contribution < 1.29 is 0 Å². The molecule has 2 heterocycles. The average Bonchev–Trinajstić information content (AvgIpc) is 2.71. The molecule has 0 radical (unpaired) electrons. The van der Waals surface area contributed by atoms with Gasteiger partial charge in [0.2, 0.25) is 0 Å². The minimum atomic E-state index is 0.411. The van der Waals surface area contributed by atoms with Crippen LogP contribution in [0.25, 0.3) is 10.7 Å². The summed E-state index contributed by atoms with van der Waals surface area (Å²) in [5.74, 6) is 1.11. The smallest absolute Gasteiger partial charge is 0.171 e. The number of thiazole rings is 1. The third-order valence-corrected chi connectivity index (χ3v) is 2.55. The van der Waals surface area contributed by atoms with Crippen LogP contribution in [0.4, 0.5) is 0 Å². The predicted molar refractivity (Wildman–Crippen MR) is 52.7 cm³/mol. The largest absolute Gasteiger partial charge is 0.252 e. The van der Waals surface area contributed by atoms with Gasteiger partial charge in [-0.3, -0.25) is 4.98 Å².